The number of nitrogens with zero attached hydrogens (tertiary/aromatic N) is 1. The summed E-state index contributed by atoms with van der Waals surface area (Å²) >= 11 is 0. The second kappa shape index (κ2) is 12.3. The first-order valence-corrected chi connectivity index (χ1v) is 13.6. The molecule has 2 aromatic rings. The van der Waals surface area contributed by atoms with Gasteiger partial charge in [0.2, 0.25) is 0 Å². The zero-order chi connectivity index (χ0) is 27.3. The van der Waals surface area contributed by atoms with Crippen molar-refractivity contribution in [2.75, 3.05) is 14.1 Å². The van der Waals surface area contributed by atoms with Gasteiger partial charge in [-0.05, 0) is 108 Å². The molecule has 0 heterocycles. The summed E-state index contributed by atoms with van der Waals surface area (Å²) < 4.78 is 11.9. The van der Waals surface area contributed by atoms with E-state index in [4.69, 9.17) is 9.47 Å². The number of carbonyl (C=O) groups is 2. The third-order valence-corrected chi connectivity index (χ3v) is 7.45. The van der Waals surface area contributed by atoms with Gasteiger partial charge in [-0.3, -0.25) is 4.90 Å². The molecule has 1 aliphatic carbocycles. The van der Waals surface area contributed by atoms with Gasteiger partial charge in [0, 0.05) is 0 Å². The van der Waals surface area contributed by atoms with Crippen molar-refractivity contribution in [2.24, 2.45) is 17.8 Å². The zero-order valence-corrected chi connectivity index (χ0v) is 23.9. The predicted molar refractivity (Wildman–Crippen MR) is 148 cm³/mol. The lowest BCUT2D eigenvalue weighted by molar-refractivity contribution is -0.162. The van der Waals surface area contributed by atoms with Gasteiger partial charge in [0.15, 0.2) is 0 Å². The number of carbonyl (C=O) groups excluding carboxylic acids is 2. The van der Waals surface area contributed by atoms with Crippen molar-refractivity contribution in [2.45, 2.75) is 85.0 Å². The summed E-state index contributed by atoms with van der Waals surface area (Å²) in [5.41, 5.74) is 2.88. The van der Waals surface area contributed by atoms with Crippen LogP contribution in [-0.2, 0) is 20.7 Å². The second-order valence-electron chi connectivity index (χ2n) is 12.2. The standard InChI is InChI=1S/C32H45NO4/c1-21-14-17-26(23(3)19-24-12-10-9-11-13-24)28(18-21)36-31(35)29(33(7)8)27-20-25(16-15-22(27)2)30(34)37-32(4,5)6/h9-13,15-16,20-21,23,26,28-29H,14,17-19H2,1-8H3/t21-,23?,26+,28-,29+/m1/s1. The average molecular weight is 508 g/mol. The Bertz CT molecular complexity index is 1060. The van der Waals surface area contributed by atoms with Gasteiger partial charge in [-0.1, -0.05) is 56.7 Å². The maximum absolute atomic E-state index is 13.8. The number of hydrogen-bond donors (Lipinski definition) is 0. The molecule has 0 amide bonds. The maximum Gasteiger partial charge on any atom is 0.338 e. The monoisotopic (exact) mass is 507 g/mol. The Balaban J connectivity index is 1.83. The highest BCUT2D eigenvalue weighted by Gasteiger charge is 2.37. The minimum atomic E-state index is -0.607. The molecule has 5 nitrogen and oxygen atoms in total. The maximum atomic E-state index is 13.8. The van der Waals surface area contributed by atoms with Crippen LogP contribution in [-0.4, -0.2) is 42.6 Å². The molecular formula is C32H45NO4. The summed E-state index contributed by atoms with van der Waals surface area (Å²) in [6.45, 7) is 12.0. The number of likely N-dealkylation sites (N-methyl/N-ethyl adjacent to an activating group) is 1. The highest BCUT2D eigenvalue weighted by atomic mass is 16.6. The lowest BCUT2D eigenvalue weighted by atomic mass is 9.73. The van der Waals surface area contributed by atoms with Gasteiger partial charge in [-0.25, -0.2) is 9.59 Å². The van der Waals surface area contributed by atoms with Crippen molar-refractivity contribution in [1.82, 2.24) is 4.90 Å². The smallest absolute Gasteiger partial charge is 0.338 e. The molecule has 1 saturated carbocycles. The first kappa shape index (κ1) is 28.9. The van der Waals surface area contributed by atoms with Crippen molar-refractivity contribution < 1.29 is 19.1 Å². The van der Waals surface area contributed by atoms with E-state index in [-0.39, 0.29) is 12.1 Å². The Morgan fingerprint density at radius 1 is 1.05 bits per heavy atom. The predicted octanol–water partition coefficient (Wildman–Crippen LogP) is 6.78. The van der Waals surface area contributed by atoms with Crippen LogP contribution in [0.1, 0.15) is 87.0 Å². The molecule has 0 aromatic heterocycles. The number of benzene rings is 2. The molecule has 0 aliphatic heterocycles. The summed E-state index contributed by atoms with van der Waals surface area (Å²) in [6.07, 6.45) is 3.96. The second-order valence-corrected chi connectivity index (χ2v) is 12.2. The van der Waals surface area contributed by atoms with E-state index in [0.717, 1.165) is 36.8 Å². The van der Waals surface area contributed by atoms with Gasteiger partial charge in [0.1, 0.15) is 17.7 Å². The Morgan fingerprint density at radius 2 is 1.73 bits per heavy atom. The summed E-state index contributed by atoms with van der Waals surface area (Å²) in [5, 5.41) is 0. The Hall–Kier alpha value is -2.66. The third kappa shape index (κ3) is 7.91. The van der Waals surface area contributed by atoms with E-state index in [9.17, 15) is 9.59 Å². The summed E-state index contributed by atoms with van der Waals surface area (Å²) in [5.74, 6) is 0.592. The molecule has 37 heavy (non-hydrogen) atoms. The SMILES string of the molecule is Cc1ccc(C(=O)OC(C)(C)C)cc1[C@@H](C(=O)O[C@@H]1C[C@H](C)CC[C@H]1C(C)Cc1ccccc1)N(C)C. The molecule has 202 valence electrons. The van der Waals surface area contributed by atoms with E-state index in [1.807, 2.05) is 58.8 Å². The number of rotatable bonds is 8. The average Bonchev–Trinajstić information content (AvgIpc) is 2.79. The fraction of sp³-hybridized carbons (Fsp3) is 0.562. The van der Waals surface area contributed by atoms with Gasteiger partial charge in [0.25, 0.3) is 0 Å². The molecule has 0 N–H and O–H groups in total. The van der Waals surface area contributed by atoms with Crippen LogP contribution >= 0.6 is 0 Å². The van der Waals surface area contributed by atoms with Crippen molar-refractivity contribution in [3.8, 4) is 0 Å². The zero-order valence-electron chi connectivity index (χ0n) is 23.9. The van der Waals surface area contributed by atoms with Gasteiger partial charge in [-0.2, -0.15) is 0 Å². The van der Waals surface area contributed by atoms with Crippen LogP contribution in [0.2, 0.25) is 0 Å². The van der Waals surface area contributed by atoms with E-state index in [0.29, 0.717) is 23.3 Å². The third-order valence-electron chi connectivity index (χ3n) is 7.45. The largest absolute Gasteiger partial charge is 0.461 e. The molecular weight excluding hydrogens is 462 g/mol. The van der Waals surface area contributed by atoms with E-state index < -0.39 is 17.6 Å². The molecule has 1 unspecified atom stereocenters. The molecule has 3 rings (SSSR count). The Labute approximate surface area is 223 Å². The lowest BCUT2D eigenvalue weighted by Gasteiger charge is -2.39. The fourth-order valence-corrected chi connectivity index (χ4v) is 5.50. The van der Waals surface area contributed by atoms with Gasteiger partial charge >= 0.3 is 11.9 Å². The van der Waals surface area contributed by atoms with Crippen LogP contribution in [0.3, 0.4) is 0 Å². The summed E-state index contributed by atoms with van der Waals surface area (Å²) in [4.78, 5) is 28.4. The molecule has 1 aliphatic rings. The Kier molecular flexibility index (Phi) is 9.57. The van der Waals surface area contributed by atoms with E-state index in [1.54, 1.807) is 12.1 Å². The number of hydrogen-bond acceptors (Lipinski definition) is 5. The van der Waals surface area contributed by atoms with Crippen LogP contribution in [0.15, 0.2) is 48.5 Å². The molecule has 5 heteroatoms. The van der Waals surface area contributed by atoms with Crippen LogP contribution in [0.4, 0.5) is 0 Å². The topological polar surface area (TPSA) is 55.8 Å². The van der Waals surface area contributed by atoms with Crippen LogP contribution < -0.4 is 0 Å². The molecule has 5 atom stereocenters. The number of esters is 2. The van der Waals surface area contributed by atoms with Gasteiger partial charge in [0.05, 0.1) is 5.56 Å². The van der Waals surface area contributed by atoms with Gasteiger partial charge < -0.3 is 9.47 Å². The number of aryl methyl sites for hydroxylation is 1. The summed E-state index contributed by atoms with van der Waals surface area (Å²) in [6, 6.07) is 15.4. The van der Waals surface area contributed by atoms with Crippen molar-refractivity contribution in [3.63, 3.8) is 0 Å². The van der Waals surface area contributed by atoms with E-state index >= 15 is 0 Å². The normalized spacial score (nSPS) is 21.8. The first-order chi connectivity index (χ1) is 17.4. The van der Waals surface area contributed by atoms with Crippen LogP contribution in [0, 0.1) is 24.7 Å². The van der Waals surface area contributed by atoms with Crippen LogP contribution in [0.5, 0.6) is 0 Å². The minimum Gasteiger partial charge on any atom is -0.461 e. The molecule has 0 spiro atoms. The van der Waals surface area contributed by atoms with Crippen molar-refractivity contribution >= 4 is 11.9 Å². The highest BCUT2D eigenvalue weighted by molar-refractivity contribution is 5.90. The molecule has 0 bridgehead atoms. The molecule has 0 radical (unpaired) electrons. The first-order valence-electron chi connectivity index (χ1n) is 13.6. The molecule has 2 aromatic carbocycles. The highest BCUT2D eigenvalue weighted by Crippen LogP contribution is 2.38. The minimum absolute atomic E-state index is 0.119. The van der Waals surface area contributed by atoms with Crippen LogP contribution in [0.25, 0.3) is 0 Å². The lowest BCUT2D eigenvalue weighted by Crippen LogP contribution is -2.40. The molecule has 0 saturated heterocycles. The molecule has 1 fully saturated rings. The van der Waals surface area contributed by atoms with E-state index in [2.05, 4.69) is 38.1 Å². The van der Waals surface area contributed by atoms with Crippen molar-refractivity contribution in [3.05, 3.63) is 70.8 Å². The van der Waals surface area contributed by atoms with E-state index in [1.165, 1.54) is 5.56 Å². The number of ether oxygens (including phenoxy) is 2. The quantitative estimate of drug-likeness (QED) is 0.369. The summed E-state index contributed by atoms with van der Waals surface area (Å²) in [7, 11) is 3.76. The van der Waals surface area contributed by atoms with Gasteiger partial charge in [-0.15, -0.1) is 0 Å². The fourth-order valence-electron chi connectivity index (χ4n) is 5.50. The van der Waals surface area contributed by atoms with Crippen molar-refractivity contribution in [1.29, 1.82) is 0 Å². The Morgan fingerprint density at radius 3 is 2.35 bits per heavy atom.